The SMILES string of the molecule is COc1cc(OC)c(F)c(N(CC=N/C=C\N(C)S(=O)N(C)C)c2ccc3ncn(-c4cccnc4)c(=O)c3c2)c1. The zero-order valence-corrected chi connectivity index (χ0v) is 24.1. The summed E-state index contributed by atoms with van der Waals surface area (Å²) in [5, 5.41) is 0.332. The van der Waals surface area contributed by atoms with Gasteiger partial charge in [0, 0.05) is 63.8 Å². The number of hydrogen-bond acceptors (Lipinski definition) is 8. The fraction of sp³-hybridized carbons (Fsp3) is 0.214. The van der Waals surface area contributed by atoms with E-state index in [4.69, 9.17) is 9.47 Å². The molecule has 41 heavy (non-hydrogen) atoms. The first kappa shape index (κ1) is 29.4. The minimum Gasteiger partial charge on any atom is -0.497 e. The Hall–Kier alpha value is -4.62. The van der Waals surface area contributed by atoms with Gasteiger partial charge in [-0.15, -0.1) is 0 Å². The lowest BCUT2D eigenvalue weighted by atomic mass is 10.1. The molecule has 0 bridgehead atoms. The molecule has 2 heterocycles. The van der Waals surface area contributed by atoms with Crippen molar-refractivity contribution in [3.63, 3.8) is 0 Å². The van der Waals surface area contributed by atoms with Gasteiger partial charge in [-0.25, -0.2) is 17.9 Å². The van der Waals surface area contributed by atoms with Gasteiger partial charge >= 0.3 is 0 Å². The molecule has 4 aromatic rings. The van der Waals surface area contributed by atoms with E-state index in [9.17, 15) is 9.00 Å². The van der Waals surface area contributed by atoms with Crippen molar-refractivity contribution in [1.29, 1.82) is 0 Å². The van der Waals surface area contributed by atoms with Crippen molar-refractivity contribution in [3.8, 4) is 17.2 Å². The molecule has 0 amide bonds. The normalized spacial score (nSPS) is 12.4. The second kappa shape index (κ2) is 13.2. The first-order chi connectivity index (χ1) is 19.7. The van der Waals surface area contributed by atoms with E-state index in [0.29, 0.717) is 28.0 Å². The largest absolute Gasteiger partial charge is 0.497 e. The predicted octanol–water partition coefficient (Wildman–Crippen LogP) is 3.69. The summed E-state index contributed by atoms with van der Waals surface area (Å²) in [7, 11) is 7.90. The summed E-state index contributed by atoms with van der Waals surface area (Å²) >= 11 is -1.36. The number of pyridine rings is 1. The van der Waals surface area contributed by atoms with E-state index in [2.05, 4.69) is 15.0 Å². The third-order valence-electron chi connectivity index (χ3n) is 6.01. The number of methoxy groups -OCH3 is 2. The Morgan fingerprint density at radius 1 is 1.12 bits per heavy atom. The van der Waals surface area contributed by atoms with E-state index >= 15 is 4.39 Å². The lowest BCUT2D eigenvalue weighted by Crippen LogP contribution is -2.27. The van der Waals surface area contributed by atoms with Crippen molar-refractivity contribution < 1.29 is 18.1 Å². The lowest BCUT2D eigenvalue weighted by Gasteiger charge is -2.25. The average Bonchev–Trinajstić information content (AvgIpc) is 2.99. The van der Waals surface area contributed by atoms with Crippen molar-refractivity contribution >= 4 is 39.7 Å². The third-order valence-corrected chi connectivity index (χ3v) is 7.25. The Kier molecular flexibility index (Phi) is 9.42. The van der Waals surface area contributed by atoms with Crippen LogP contribution in [-0.4, -0.2) is 75.5 Å². The van der Waals surface area contributed by atoms with Crippen LogP contribution in [0.5, 0.6) is 11.5 Å². The van der Waals surface area contributed by atoms with Gasteiger partial charge in [-0.1, -0.05) is 0 Å². The standard InChI is InChI=1S/C28H30FN7O4S/c1-33(2)41(38)34(3)13-11-30-12-14-35(25-16-22(39-4)17-26(40-5)27(25)29)20-8-9-24-23(15-20)28(37)36(19-32-24)21-7-6-10-31-18-21/h6-13,15-19H,14H2,1-5H3/b13-11-,30-12?. The Bertz CT molecular complexity index is 1660. The number of ether oxygens (including phenoxy) is 2. The van der Waals surface area contributed by atoms with Gasteiger partial charge in [0.1, 0.15) is 12.1 Å². The molecule has 1 unspecified atom stereocenters. The second-order valence-corrected chi connectivity index (χ2v) is 10.6. The second-order valence-electron chi connectivity index (χ2n) is 8.82. The maximum atomic E-state index is 15.6. The zero-order valence-electron chi connectivity index (χ0n) is 23.3. The highest BCUT2D eigenvalue weighted by Crippen LogP contribution is 2.37. The van der Waals surface area contributed by atoms with Crippen LogP contribution in [0, 0.1) is 5.82 Å². The quantitative estimate of drug-likeness (QED) is 0.250. The molecule has 13 heteroatoms. The number of hydrogen-bond donors (Lipinski definition) is 0. The van der Waals surface area contributed by atoms with E-state index in [1.165, 1.54) is 47.8 Å². The molecule has 2 aromatic carbocycles. The maximum Gasteiger partial charge on any atom is 0.265 e. The van der Waals surface area contributed by atoms with Crippen LogP contribution in [-0.2, 0) is 11.2 Å². The average molecular weight is 580 g/mol. The monoisotopic (exact) mass is 579 g/mol. The Morgan fingerprint density at radius 3 is 2.61 bits per heavy atom. The first-order valence-electron chi connectivity index (χ1n) is 12.4. The zero-order chi connectivity index (χ0) is 29.5. The van der Waals surface area contributed by atoms with E-state index in [0.717, 1.165) is 0 Å². The van der Waals surface area contributed by atoms with Gasteiger partial charge in [0.05, 0.1) is 49.2 Å². The Labute approximate surface area is 239 Å². The van der Waals surface area contributed by atoms with Gasteiger partial charge in [0.15, 0.2) is 22.7 Å². The van der Waals surface area contributed by atoms with Gasteiger partial charge in [-0.05, 0) is 30.3 Å². The van der Waals surface area contributed by atoms with E-state index in [-0.39, 0.29) is 23.5 Å². The molecule has 2 aromatic heterocycles. The molecular formula is C28H30FN7O4S. The number of aromatic nitrogens is 3. The first-order valence-corrected chi connectivity index (χ1v) is 13.4. The number of halogens is 1. The topological polar surface area (TPSA) is 105 Å². The molecule has 1 atom stereocenters. The molecule has 0 N–H and O–H groups in total. The Morgan fingerprint density at radius 2 is 1.93 bits per heavy atom. The van der Waals surface area contributed by atoms with Gasteiger partial charge in [-0.3, -0.25) is 23.6 Å². The summed E-state index contributed by atoms with van der Waals surface area (Å²) in [4.78, 5) is 27.9. The number of aliphatic imine (C=N–C) groups is 1. The number of benzene rings is 2. The summed E-state index contributed by atoms with van der Waals surface area (Å²) in [6.45, 7) is 0.112. The molecule has 11 nitrogen and oxygen atoms in total. The number of fused-ring (bicyclic) bond motifs is 1. The minimum atomic E-state index is -1.36. The Balaban J connectivity index is 1.78. The fourth-order valence-electron chi connectivity index (χ4n) is 3.95. The van der Waals surface area contributed by atoms with Crippen molar-refractivity contribution in [2.45, 2.75) is 0 Å². The van der Waals surface area contributed by atoms with Crippen LogP contribution in [0.4, 0.5) is 15.8 Å². The van der Waals surface area contributed by atoms with Crippen molar-refractivity contribution in [2.24, 2.45) is 4.99 Å². The highest BCUT2D eigenvalue weighted by atomic mass is 32.2. The van der Waals surface area contributed by atoms with E-state index in [1.54, 1.807) is 85.5 Å². The predicted molar refractivity (Wildman–Crippen MR) is 159 cm³/mol. The van der Waals surface area contributed by atoms with Crippen LogP contribution in [0.1, 0.15) is 0 Å². The van der Waals surface area contributed by atoms with Crippen LogP contribution in [0.2, 0.25) is 0 Å². The molecule has 0 saturated heterocycles. The van der Waals surface area contributed by atoms with Crippen LogP contribution in [0.3, 0.4) is 0 Å². The molecule has 0 aliphatic heterocycles. The lowest BCUT2D eigenvalue weighted by molar-refractivity contribution is 0.374. The summed E-state index contributed by atoms with van der Waals surface area (Å²) < 4.78 is 42.8. The smallest absolute Gasteiger partial charge is 0.265 e. The summed E-state index contributed by atoms with van der Waals surface area (Å²) in [5.74, 6) is -0.234. The van der Waals surface area contributed by atoms with Crippen LogP contribution in [0.15, 0.2) is 83.4 Å². The van der Waals surface area contributed by atoms with Crippen molar-refractivity contribution in [1.82, 2.24) is 23.1 Å². The van der Waals surface area contributed by atoms with Crippen LogP contribution < -0.4 is 19.9 Å². The molecule has 0 fully saturated rings. The van der Waals surface area contributed by atoms with Gasteiger partial charge in [-0.2, -0.15) is 0 Å². The maximum absolute atomic E-state index is 15.6. The van der Waals surface area contributed by atoms with Gasteiger partial charge in [0.2, 0.25) is 0 Å². The molecule has 4 rings (SSSR count). The van der Waals surface area contributed by atoms with Crippen molar-refractivity contribution in [3.05, 3.63) is 89.8 Å². The molecule has 214 valence electrons. The molecule has 0 radical (unpaired) electrons. The van der Waals surface area contributed by atoms with E-state index < -0.39 is 17.0 Å². The molecule has 0 aliphatic carbocycles. The van der Waals surface area contributed by atoms with Crippen LogP contribution in [0.25, 0.3) is 16.6 Å². The molecule has 0 aliphatic rings. The fourth-order valence-corrected chi connectivity index (χ4v) is 4.63. The third kappa shape index (κ3) is 6.58. The number of rotatable bonds is 11. The van der Waals surface area contributed by atoms with Crippen LogP contribution >= 0.6 is 0 Å². The minimum absolute atomic E-state index is 0.00429. The summed E-state index contributed by atoms with van der Waals surface area (Å²) in [6, 6.07) is 11.6. The summed E-state index contributed by atoms with van der Waals surface area (Å²) in [6.07, 6.45) is 9.25. The summed E-state index contributed by atoms with van der Waals surface area (Å²) in [5.41, 5.74) is 1.41. The molecular weight excluding hydrogens is 549 g/mol. The van der Waals surface area contributed by atoms with Crippen molar-refractivity contribution in [2.75, 3.05) is 46.8 Å². The van der Waals surface area contributed by atoms with Gasteiger partial charge < -0.3 is 14.4 Å². The van der Waals surface area contributed by atoms with E-state index in [1.807, 2.05) is 0 Å². The highest BCUT2D eigenvalue weighted by Gasteiger charge is 2.20. The highest BCUT2D eigenvalue weighted by molar-refractivity contribution is 7.80. The molecule has 0 saturated carbocycles. The number of anilines is 2. The number of nitrogens with zero attached hydrogens (tertiary/aromatic N) is 7. The molecule has 0 spiro atoms. The van der Waals surface area contributed by atoms with Gasteiger partial charge in [0.25, 0.3) is 5.56 Å².